The summed E-state index contributed by atoms with van der Waals surface area (Å²) in [4.78, 5) is 0. The van der Waals surface area contributed by atoms with Crippen LogP contribution in [0.4, 0.5) is 13.2 Å². The Balaban J connectivity index is 0. The molecule has 0 amide bonds. The van der Waals surface area contributed by atoms with Crippen LogP contribution in [0.1, 0.15) is 0 Å². The standard InChI is InChI=1S/C3H6F3O4PS.Y/c1-11(7)2-10-12(8,9)3(4,5)6;/h11H,2H2,1H3;. The van der Waals surface area contributed by atoms with Gasteiger partial charge in [0, 0.05) is 32.7 Å². The van der Waals surface area contributed by atoms with Crippen LogP contribution in [0, 0.1) is 0 Å². The Morgan fingerprint density at radius 1 is 1.38 bits per heavy atom. The Morgan fingerprint density at radius 3 is 2.00 bits per heavy atom. The van der Waals surface area contributed by atoms with Gasteiger partial charge in [0.15, 0.2) is 0 Å². The fourth-order valence-electron chi connectivity index (χ4n) is 0.227. The van der Waals surface area contributed by atoms with Crippen molar-refractivity contribution in [2.75, 3.05) is 13.0 Å². The van der Waals surface area contributed by atoms with Gasteiger partial charge in [-0.3, -0.25) is 4.18 Å². The van der Waals surface area contributed by atoms with E-state index in [0.717, 1.165) is 6.66 Å². The first-order valence-electron chi connectivity index (χ1n) is 2.62. The zero-order valence-electron chi connectivity index (χ0n) is 6.46. The van der Waals surface area contributed by atoms with Crippen molar-refractivity contribution in [3.05, 3.63) is 0 Å². The summed E-state index contributed by atoms with van der Waals surface area (Å²) < 4.78 is 68.3. The van der Waals surface area contributed by atoms with E-state index >= 15 is 0 Å². The number of hydrogen-bond acceptors (Lipinski definition) is 4. The average Bonchev–Trinajstić information content (AvgIpc) is 1.81. The van der Waals surface area contributed by atoms with Crippen LogP contribution in [-0.4, -0.2) is 26.9 Å². The van der Waals surface area contributed by atoms with Gasteiger partial charge in [-0.1, -0.05) is 0 Å². The molecule has 0 saturated heterocycles. The minimum absolute atomic E-state index is 0. The normalized spacial score (nSPS) is 14.8. The fourth-order valence-corrected chi connectivity index (χ4v) is 1.65. The van der Waals surface area contributed by atoms with Gasteiger partial charge in [-0.2, -0.15) is 21.6 Å². The van der Waals surface area contributed by atoms with Gasteiger partial charge in [-0.05, 0) is 6.66 Å². The van der Waals surface area contributed by atoms with Crippen LogP contribution in [0.3, 0.4) is 0 Å². The number of rotatable bonds is 3. The summed E-state index contributed by atoms with van der Waals surface area (Å²) in [5.74, 6) is 0. The minimum atomic E-state index is -5.57. The smallest absolute Gasteiger partial charge is 0.325 e. The molecule has 1 radical (unpaired) electrons. The van der Waals surface area contributed by atoms with E-state index < -0.39 is 29.8 Å². The molecule has 0 heterocycles. The van der Waals surface area contributed by atoms with Gasteiger partial charge in [-0.25, -0.2) is 0 Å². The molecule has 0 rings (SSSR count). The van der Waals surface area contributed by atoms with Crippen LogP contribution in [0.5, 0.6) is 0 Å². The molecule has 1 atom stereocenters. The Kier molecular flexibility index (Phi) is 7.35. The molecule has 0 fully saturated rings. The summed E-state index contributed by atoms with van der Waals surface area (Å²) >= 11 is 0. The van der Waals surface area contributed by atoms with E-state index in [9.17, 15) is 26.2 Å². The zero-order chi connectivity index (χ0) is 9.99. The van der Waals surface area contributed by atoms with Gasteiger partial charge in [0.2, 0.25) is 0 Å². The molecule has 0 saturated carbocycles. The van der Waals surface area contributed by atoms with Crippen molar-refractivity contribution >= 4 is 17.9 Å². The quantitative estimate of drug-likeness (QED) is 0.443. The Bertz CT molecular complexity index is 273. The SMILES string of the molecule is C[PH](=O)COS(=O)(=O)C(F)(F)F.[Y]. The van der Waals surface area contributed by atoms with E-state index in [2.05, 4.69) is 4.18 Å². The zero-order valence-corrected chi connectivity index (χ0v) is 11.1. The summed E-state index contributed by atoms with van der Waals surface area (Å²) in [6, 6.07) is 0. The van der Waals surface area contributed by atoms with Crippen molar-refractivity contribution in [2.24, 2.45) is 0 Å². The predicted octanol–water partition coefficient (Wildman–Crippen LogP) is 0.997. The summed E-state index contributed by atoms with van der Waals surface area (Å²) in [6.45, 7) is 1.09. The molecule has 0 N–H and O–H groups in total. The molecule has 77 valence electrons. The van der Waals surface area contributed by atoms with Crippen molar-refractivity contribution in [2.45, 2.75) is 5.51 Å². The van der Waals surface area contributed by atoms with Gasteiger partial charge in [-0.15, -0.1) is 0 Å². The molecule has 0 aliphatic heterocycles. The number of alkyl halides is 3. The second-order valence-electron chi connectivity index (χ2n) is 1.86. The van der Waals surface area contributed by atoms with E-state index in [1.54, 1.807) is 0 Å². The summed E-state index contributed by atoms with van der Waals surface area (Å²) in [6.07, 6.45) is -0.910. The molecular formula is C3H6F3O4PSY. The maximum absolute atomic E-state index is 11.5. The van der Waals surface area contributed by atoms with Crippen molar-refractivity contribution in [1.29, 1.82) is 0 Å². The summed E-state index contributed by atoms with van der Waals surface area (Å²) in [7, 11) is -7.95. The molecule has 0 aromatic rings. The van der Waals surface area contributed by atoms with E-state index in [-0.39, 0.29) is 32.7 Å². The van der Waals surface area contributed by atoms with Crippen molar-refractivity contribution in [3.63, 3.8) is 0 Å². The first-order chi connectivity index (χ1) is 5.17. The van der Waals surface area contributed by atoms with Gasteiger partial charge >= 0.3 is 15.6 Å². The molecule has 10 heteroatoms. The molecule has 0 spiro atoms. The first kappa shape index (κ1) is 16.5. The summed E-state index contributed by atoms with van der Waals surface area (Å²) in [5, 5.41) is 0. The van der Waals surface area contributed by atoms with Crippen LogP contribution < -0.4 is 0 Å². The van der Waals surface area contributed by atoms with E-state index in [0.29, 0.717) is 0 Å². The van der Waals surface area contributed by atoms with Gasteiger partial charge < -0.3 is 4.57 Å². The molecule has 0 aliphatic carbocycles. The Labute approximate surface area is 99.0 Å². The van der Waals surface area contributed by atoms with Crippen LogP contribution in [0.25, 0.3) is 0 Å². The van der Waals surface area contributed by atoms with Gasteiger partial charge in [0.25, 0.3) is 0 Å². The molecule has 0 bridgehead atoms. The van der Waals surface area contributed by atoms with Crippen LogP contribution in [0.2, 0.25) is 0 Å². The van der Waals surface area contributed by atoms with E-state index in [4.69, 9.17) is 0 Å². The Hall–Kier alpha value is 1.03. The topological polar surface area (TPSA) is 60.4 Å². The minimum Gasteiger partial charge on any atom is -0.325 e. The number of halogens is 3. The first-order valence-corrected chi connectivity index (χ1v) is 6.14. The predicted molar refractivity (Wildman–Crippen MR) is 35.9 cm³/mol. The van der Waals surface area contributed by atoms with Crippen LogP contribution in [0.15, 0.2) is 0 Å². The maximum atomic E-state index is 11.5. The third-order valence-electron chi connectivity index (χ3n) is 0.701. The van der Waals surface area contributed by atoms with Crippen molar-refractivity contribution in [1.82, 2.24) is 0 Å². The molecule has 0 aromatic carbocycles. The van der Waals surface area contributed by atoms with Gasteiger partial charge in [0.05, 0.1) is 7.80 Å². The fraction of sp³-hybridized carbons (Fsp3) is 1.00. The third-order valence-corrected chi connectivity index (χ3v) is 2.46. The van der Waals surface area contributed by atoms with E-state index in [1.807, 2.05) is 0 Å². The monoisotopic (exact) mass is 315 g/mol. The molecule has 0 aliphatic rings. The van der Waals surface area contributed by atoms with Crippen LogP contribution >= 0.6 is 7.80 Å². The molecular weight excluding hydrogens is 309 g/mol. The molecule has 1 unspecified atom stereocenters. The molecule has 13 heavy (non-hydrogen) atoms. The molecule has 0 aromatic heterocycles. The molecule has 4 nitrogen and oxygen atoms in total. The summed E-state index contributed by atoms with van der Waals surface area (Å²) in [5.41, 5.74) is -5.44. The van der Waals surface area contributed by atoms with E-state index in [1.165, 1.54) is 0 Å². The van der Waals surface area contributed by atoms with Crippen molar-refractivity contribution < 1.29 is 63.0 Å². The maximum Gasteiger partial charge on any atom is 0.523 e. The average molecular weight is 315 g/mol. The third kappa shape index (κ3) is 6.17. The van der Waals surface area contributed by atoms with Gasteiger partial charge in [0.1, 0.15) is 6.35 Å². The van der Waals surface area contributed by atoms with Crippen molar-refractivity contribution in [3.8, 4) is 0 Å². The second kappa shape index (κ2) is 5.80. The number of hydrogen-bond donors (Lipinski definition) is 0. The second-order valence-corrected chi connectivity index (χ2v) is 5.16. The largest absolute Gasteiger partial charge is 0.523 e. The van der Waals surface area contributed by atoms with Crippen LogP contribution in [-0.2, 0) is 51.6 Å². The Morgan fingerprint density at radius 2 is 1.77 bits per heavy atom.